The summed E-state index contributed by atoms with van der Waals surface area (Å²) in [6.45, 7) is 5.49. The van der Waals surface area contributed by atoms with Gasteiger partial charge in [0.2, 0.25) is 0 Å². The van der Waals surface area contributed by atoms with E-state index in [4.69, 9.17) is 4.74 Å². The number of carbonyl (C=O) groups is 2. The zero-order valence-electron chi connectivity index (χ0n) is 13.2. The zero-order chi connectivity index (χ0) is 16.6. The van der Waals surface area contributed by atoms with Gasteiger partial charge in [-0.1, -0.05) is 30.0 Å². The zero-order valence-corrected chi connectivity index (χ0v) is 14.0. The number of hydrogen-bond acceptors (Lipinski definition) is 4. The van der Waals surface area contributed by atoms with Crippen LogP contribution in [0, 0.1) is 0 Å². The van der Waals surface area contributed by atoms with Gasteiger partial charge in [-0.15, -0.1) is 0 Å². The molecule has 1 aliphatic rings. The summed E-state index contributed by atoms with van der Waals surface area (Å²) in [7, 11) is 0. The molecule has 4 nitrogen and oxygen atoms in total. The van der Waals surface area contributed by atoms with Crippen molar-refractivity contribution in [1.29, 1.82) is 0 Å². The second-order valence-electron chi connectivity index (χ2n) is 6.23. The lowest BCUT2D eigenvalue weighted by molar-refractivity contribution is 0.0597. The number of hydrogen-bond donors (Lipinski definition) is 0. The van der Waals surface area contributed by atoms with Gasteiger partial charge < -0.3 is 4.74 Å². The summed E-state index contributed by atoms with van der Waals surface area (Å²) < 4.78 is 5.55. The summed E-state index contributed by atoms with van der Waals surface area (Å²) in [6, 6.07) is 13.0. The first-order valence-electron chi connectivity index (χ1n) is 7.28. The fourth-order valence-corrected chi connectivity index (χ4v) is 3.39. The highest BCUT2D eigenvalue weighted by Gasteiger charge is 2.31. The fraction of sp³-hybridized carbons (Fsp3) is 0.222. The van der Waals surface area contributed by atoms with E-state index in [2.05, 4.69) is 0 Å². The molecule has 118 valence electrons. The van der Waals surface area contributed by atoms with Crippen molar-refractivity contribution in [2.24, 2.45) is 0 Å². The van der Waals surface area contributed by atoms with Crippen molar-refractivity contribution in [3.05, 3.63) is 48.0 Å². The molecule has 0 aliphatic carbocycles. The second-order valence-corrected chi connectivity index (χ2v) is 7.31. The van der Waals surface area contributed by atoms with Crippen LogP contribution in [0.4, 0.5) is 16.2 Å². The van der Waals surface area contributed by atoms with E-state index < -0.39 is 11.7 Å². The fourth-order valence-electron chi connectivity index (χ4n) is 2.35. The molecule has 0 spiro atoms. The van der Waals surface area contributed by atoms with Gasteiger partial charge in [0.25, 0.3) is 0 Å². The van der Waals surface area contributed by atoms with Crippen LogP contribution in [0.1, 0.15) is 31.1 Å². The maximum Gasteiger partial charge on any atom is 0.419 e. The van der Waals surface area contributed by atoms with Crippen LogP contribution in [0.25, 0.3) is 0 Å². The maximum atomic E-state index is 12.7. The summed E-state index contributed by atoms with van der Waals surface area (Å²) in [5.74, 6) is 0. The molecule has 0 aromatic heterocycles. The van der Waals surface area contributed by atoms with Gasteiger partial charge in [-0.25, -0.2) is 9.69 Å². The van der Waals surface area contributed by atoms with Crippen molar-refractivity contribution in [2.75, 3.05) is 4.90 Å². The summed E-state index contributed by atoms with van der Waals surface area (Å²) in [6.07, 6.45) is 0.327. The normalized spacial score (nSPS) is 13.1. The number of anilines is 2. The first-order chi connectivity index (χ1) is 10.9. The molecule has 0 unspecified atom stereocenters. The van der Waals surface area contributed by atoms with Crippen LogP contribution < -0.4 is 4.90 Å². The highest BCUT2D eigenvalue weighted by molar-refractivity contribution is 7.99. The predicted molar refractivity (Wildman–Crippen MR) is 90.8 cm³/mol. The number of amides is 1. The van der Waals surface area contributed by atoms with Crippen molar-refractivity contribution < 1.29 is 14.3 Å². The van der Waals surface area contributed by atoms with Crippen LogP contribution in [0.15, 0.2) is 52.3 Å². The number of nitrogens with zero attached hydrogens (tertiary/aromatic N) is 1. The molecule has 0 radical (unpaired) electrons. The summed E-state index contributed by atoms with van der Waals surface area (Å²) in [4.78, 5) is 27.3. The minimum absolute atomic E-state index is 0.449. The molecule has 1 heterocycles. The monoisotopic (exact) mass is 327 g/mol. The Balaban J connectivity index is 2.13. The molecule has 2 aromatic carbocycles. The molecule has 1 amide bonds. The summed E-state index contributed by atoms with van der Waals surface area (Å²) in [5.41, 5.74) is 1.37. The number of ether oxygens (including phenoxy) is 1. The Morgan fingerprint density at radius 2 is 1.78 bits per heavy atom. The van der Waals surface area contributed by atoms with Gasteiger partial charge in [-0.2, -0.15) is 0 Å². The van der Waals surface area contributed by atoms with Gasteiger partial charge in [0.1, 0.15) is 11.9 Å². The lowest BCUT2D eigenvalue weighted by atomic mass is 10.1. The molecule has 0 saturated carbocycles. The molecule has 0 atom stereocenters. The maximum absolute atomic E-state index is 12.7. The lowest BCUT2D eigenvalue weighted by Crippen LogP contribution is -2.35. The second kappa shape index (κ2) is 5.74. The van der Waals surface area contributed by atoms with E-state index in [1.807, 2.05) is 51.1 Å². The topological polar surface area (TPSA) is 46.6 Å². The average molecular weight is 327 g/mol. The molecule has 0 N–H and O–H groups in total. The number of fused-ring (bicyclic) bond motifs is 2. The van der Waals surface area contributed by atoms with Crippen molar-refractivity contribution in [3.8, 4) is 0 Å². The van der Waals surface area contributed by atoms with E-state index in [1.165, 1.54) is 0 Å². The van der Waals surface area contributed by atoms with Gasteiger partial charge in [0.15, 0.2) is 0 Å². The summed E-state index contributed by atoms with van der Waals surface area (Å²) in [5, 5.41) is 0. The number of aldehydes is 1. The number of benzene rings is 2. The Bertz CT molecular complexity index is 780. The van der Waals surface area contributed by atoms with Crippen LogP contribution in [0.3, 0.4) is 0 Å². The van der Waals surface area contributed by atoms with Crippen LogP contribution in [0.2, 0.25) is 0 Å². The molecule has 23 heavy (non-hydrogen) atoms. The van der Waals surface area contributed by atoms with E-state index >= 15 is 0 Å². The predicted octanol–water partition coefficient (Wildman–Crippen LogP) is 5.04. The Hall–Kier alpha value is -2.27. The van der Waals surface area contributed by atoms with E-state index in [-0.39, 0.29) is 0 Å². The van der Waals surface area contributed by atoms with E-state index in [1.54, 1.807) is 28.8 Å². The molecule has 0 bridgehead atoms. The smallest absolute Gasteiger partial charge is 0.419 e. The van der Waals surface area contributed by atoms with Crippen molar-refractivity contribution in [1.82, 2.24) is 0 Å². The molecule has 2 aromatic rings. The summed E-state index contributed by atoms with van der Waals surface area (Å²) >= 11 is 1.58. The third kappa shape index (κ3) is 3.10. The van der Waals surface area contributed by atoms with Crippen LogP contribution in [-0.2, 0) is 4.74 Å². The van der Waals surface area contributed by atoms with Crippen LogP contribution >= 0.6 is 11.8 Å². The molecular formula is C18H17NO3S. The van der Waals surface area contributed by atoms with Crippen molar-refractivity contribution in [2.45, 2.75) is 36.2 Å². The molecule has 3 rings (SSSR count). The molecule has 1 aliphatic heterocycles. The van der Waals surface area contributed by atoms with Gasteiger partial charge in [0.05, 0.1) is 11.4 Å². The van der Waals surface area contributed by atoms with Gasteiger partial charge in [-0.05, 0) is 45.0 Å². The third-order valence-electron chi connectivity index (χ3n) is 3.26. The van der Waals surface area contributed by atoms with Crippen molar-refractivity contribution >= 4 is 35.5 Å². The molecule has 5 heteroatoms. The molecule has 0 saturated heterocycles. The highest BCUT2D eigenvalue weighted by Crippen LogP contribution is 2.48. The SMILES string of the molecule is CC(C)(C)OC(=O)N1c2ccccc2Sc2ccc(C=O)cc21. The van der Waals surface area contributed by atoms with Gasteiger partial charge in [0, 0.05) is 15.4 Å². The lowest BCUT2D eigenvalue weighted by Gasteiger charge is -2.32. The minimum atomic E-state index is -0.598. The quantitative estimate of drug-likeness (QED) is 0.689. The largest absolute Gasteiger partial charge is 0.443 e. The Morgan fingerprint density at radius 1 is 1.09 bits per heavy atom. The Kier molecular flexibility index (Phi) is 3.90. The standard InChI is InChI=1S/C18H17NO3S/c1-18(2,3)22-17(21)19-13-6-4-5-7-15(13)23-16-9-8-12(11-20)10-14(16)19/h4-11H,1-3H3. The van der Waals surface area contributed by atoms with Crippen LogP contribution in [-0.4, -0.2) is 18.0 Å². The Morgan fingerprint density at radius 3 is 2.48 bits per heavy atom. The number of rotatable bonds is 1. The average Bonchev–Trinajstić information content (AvgIpc) is 2.50. The van der Waals surface area contributed by atoms with Gasteiger partial charge >= 0.3 is 6.09 Å². The number of carbonyl (C=O) groups excluding carboxylic acids is 2. The third-order valence-corrected chi connectivity index (χ3v) is 4.39. The van der Waals surface area contributed by atoms with E-state index in [9.17, 15) is 9.59 Å². The van der Waals surface area contributed by atoms with Crippen molar-refractivity contribution in [3.63, 3.8) is 0 Å². The number of para-hydroxylation sites is 1. The first-order valence-corrected chi connectivity index (χ1v) is 8.10. The minimum Gasteiger partial charge on any atom is -0.443 e. The Labute approximate surface area is 139 Å². The van der Waals surface area contributed by atoms with Gasteiger partial charge in [-0.3, -0.25) is 4.79 Å². The first kappa shape index (κ1) is 15.6. The van der Waals surface area contributed by atoms with E-state index in [0.29, 0.717) is 11.3 Å². The molecular weight excluding hydrogens is 310 g/mol. The highest BCUT2D eigenvalue weighted by atomic mass is 32.2. The molecule has 0 fully saturated rings. The van der Waals surface area contributed by atoms with Crippen LogP contribution in [0.5, 0.6) is 0 Å². The van der Waals surface area contributed by atoms with E-state index in [0.717, 1.165) is 21.8 Å².